The Morgan fingerprint density at radius 2 is 1.71 bits per heavy atom. The van der Waals surface area contributed by atoms with Crippen molar-refractivity contribution in [1.29, 1.82) is 0 Å². The summed E-state index contributed by atoms with van der Waals surface area (Å²) in [7, 11) is -3.80. The number of nitrogens with zero attached hydrogens (tertiary/aromatic N) is 2. The number of para-hydroxylation sites is 1. The van der Waals surface area contributed by atoms with E-state index >= 15 is 0 Å². The molecule has 8 nitrogen and oxygen atoms in total. The summed E-state index contributed by atoms with van der Waals surface area (Å²) in [6, 6.07) is 10.4. The number of halogens is 2. The maximum absolute atomic E-state index is 13.2. The van der Waals surface area contributed by atoms with Crippen LogP contribution < -0.4 is 15.0 Å². The SMILES string of the molecule is O=C(Nc1cc(S(=O)(=O)N2CCOCC2)ccc1N1CCCCC1)c1ccccc1OC(F)F. The smallest absolute Gasteiger partial charge is 0.387 e. The number of carbonyl (C=O) groups excluding carboxylic acids is 1. The number of nitrogens with one attached hydrogen (secondary N) is 1. The van der Waals surface area contributed by atoms with Crippen LogP contribution in [-0.2, 0) is 14.8 Å². The summed E-state index contributed by atoms with van der Waals surface area (Å²) in [6.07, 6.45) is 3.05. The van der Waals surface area contributed by atoms with Gasteiger partial charge in [-0.1, -0.05) is 12.1 Å². The summed E-state index contributed by atoms with van der Waals surface area (Å²) in [5.74, 6) is -0.929. The molecule has 2 aromatic rings. The van der Waals surface area contributed by atoms with Crippen LogP contribution in [0.2, 0.25) is 0 Å². The highest BCUT2D eigenvalue weighted by Crippen LogP contribution is 2.33. The van der Waals surface area contributed by atoms with Gasteiger partial charge in [0.15, 0.2) is 0 Å². The molecule has 1 amide bonds. The number of alkyl halides is 2. The van der Waals surface area contributed by atoms with Gasteiger partial charge in [-0.2, -0.15) is 13.1 Å². The maximum atomic E-state index is 13.2. The number of morpholine rings is 1. The van der Waals surface area contributed by atoms with Gasteiger partial charge < -0.3 is 19.7 Å². The first-order valence-electron chi connectivity index (χ1n) is 11.2. The first-order chi connectivity index (χ1) is 16.4. The number of amides is 1. The predicted molar refractivity (Wildman–Crippen MR) is 123 cm³/mol. The summed E-state index contributed by atoms with van der Waals surface area (Å²) in [5, 5.41) is 2.74. The molecule has 0 aromatic heterocycles. The Morgan fingerprint density at radius 1 is 1.00 bits per heavy atom. The minimum Gasteiger partial charge on any atom is -0.434 e. The lowest BCUT2D eigenvalue weighted by molar-refractivity contribution is -0.0501. The van der Waals surface area contributed by atoms with Crippen LogP contribution in [0.3, 0.4) is 0 Å². The van der Waals surface area contributed by atoms with Crippen molar-refractivity contribution in [1.82, 2.24) is 4.31 Å². The molecular weight excluding hydrogens is 468 g/mol. The molecule has 2 aliphatic rings. The molecule has 2 aromatic carbocycles. The van der Waals surface area contributed by atoms with Crippen LogP contribution in [-0.4, -0.2) is 64.6 Å². The van der Waals surface area contributed by atoms with Crippen molar-refractivity contribution in [3.8, 4) is 5.75 Å². The van der Waals surface area contributed by atoms with E-state index in [0.29, 0.717) is 24.6 Å². The van der Waals surface area contributed by atoms with E-state index in [1.54, 1.807) is 6.07 Å². The van der Waals surface area contributed by atoms with Gasteiger partial charge in [-0.3, -0.25) is 4.79 Å². The van der Waals surface area contributed by atoms with Gasteiger partial charge in [0.2, 0.25) is 10.0 Å². The van der Waals surface area contributed by atoms with Crippen LogP contribution in [0, 0.1) is 0 Å². The van der Waals surface area contributed by atoms with Gasteiger partial charge >= 0.3 is 6.61 Å². The van der Waals surface area contributed by atoms with Crippen molar-refractivity contribution >= 4 is 27.3 Å². The predicted octanol–water partition coefficient (Wildman–Crippen LogP) is 3.55. The average molecular weight is 496 g/mol. The number of carbonyl (C=O) groups is 1. The van der Waals surface area contributed by atoms with Gasteiger partial charge in [0, 0.05) is 26.2 Å². The van der Waals surface area contributed by atoms with Crippen LogP contribution in [0.25, 0.3) is 0 Å². The molecule has 1 N–H and O–H groups in total. The van der Waals surface area contributed by atoms with E-state index in [1.165, 1.54) is 40.7 Å². The molecule has 2 aliphatic heterocycles. The fourth-order valence-electron chi connectivity index (χ4n) is 4.16. The van der Waals surface area contributed by atoms with E-state index in [4.69, 9.17) is 4.74 Å². The van der Waals surface area contributed by atoms with Crippen molar-refractivity contribution in [3.05, 3.63) is 48.0 Å². The number of hydrogen-bond donors (Lipinski definition) is 1. The Hall–Kier alpha value is -2.76. The number of piperidine rings is 1. The zero-order valence-electron chi connectivity index (χ0n) is 18.6. The van der Waals surface area contributed by atoms with Gasteiger partial charge in [0.05, 0.1) is 35.0 Å². The van der Waals surface area contributed by atoms with E-state index in [9.17, 15) is 22.0 Å². The molecule has 0 unspecified atom stereocenters. The maximum Gasteiger partial charge on any atom is 0.387 e. The second-order valence-electron chi connectivity index (χ2n) is 8.07. The molecule has 2 fully saturated rings. The second kappa shape index (κ2) is 10.7. The van der Waals surface area contributed by atoms with E-state index in [0.717, 1.165) is 32.4 Å². The highest BCUT2D eigenvalue weighted by atomic mass is 32.2. The first-order valence-corrected chi connectivity index (χ1v) is 12.6. The molecule has 0 saturated carbocycles. The third kappa shape index (κ3) is 5.48. The van der Waals surface area contributed by atoms with Gasteiger partial charge in [-0.15, -0.1) is 0 Å². The Kier molecular flexibility index (Phi) is 7.64. The van der Waals surface area contributed by atoms with E-state index in [-0.39, 0.29) is 29.3 Å². The average Bonchev–Trinajstić information content (AvgIpc) is 2.85. The van der Waals surface area contributed by atoms with Crippen molar-refractivity contribution < 1.29 is 31.5 Å². The topological polar surface area (TPSA) is 88.2 Å². The summed E-state index contributed by atoms with van der Waals surface area (Å²) in [6.45, 7) is -0.426. The number of benzene rings is 2. The molecular formula is C23H27F2N3O5S. The number of sulfonamides is 1. The quantitative estimate of drug-likeness (QED) is 0.632. The summed E-state index contributed by atoms with van der Waals surface area (Å²) < 4.78 is 63.1. The zero-order valence-corrected chi connectivity index (χ0v) is 19.4. The van der Waals surface area contributed by atoms with Crippen LogP contribution in [0.4, 0.5) is 20.2 Å². The molecule has 34 heavy (non-hydrogen) atoms. The van der Waals surface area contributed by atoms with E-state index < -0.39 is 22.5 Å². The van der Waals surface area contributed by atoms with Gasteiger partial charge in [0.1, 0.15) is 5.75 Å². The molecule has 0 spiro atoms. The molecule has 184 valence electrons. The van der Waals surface area contributed by atoms with Gasteiger partial charge in [0.25, 0.3) is 5.91 Å². The van der Waals surface area contributed by atoms with Crippen molar-refractivity contribution in [2.24, 2.45) is 0 Å². The Bertz CT molecular complexity index is 1120. The molecule has 4 rings (SSSR count). The molecule has 2 heterocycles. The van der Waals surface area contributed by atoms with Crippen molar-refractivity contribution in [2.75, 3.05) is 49.6 Å². The lowest BCUT2D eigenvalue weighted by atomic mass is 10.1. The van der Waals surface area contributed by atoms with Gasteiger partial charge in [-0.25, -0.2) is 8.42 Å². The standard InChI is InChI=1S/C23H27F2N3O5S/c24-23(25)33-21-7-3-2-6-18(21)22(29)26-19-16-17(34(30,31)28-12-14-32-15-13-28)8-9-20(19)27-10-4-1-5-11-27/h2-3,6-9,16,23H,1,4-5,10-15H2,(H,26,29). The summed E-state index contributed by atoms with van der Waals surface area (Å²) >= 11 is 0. The highest BCUT2D eigenvalue weighted by molar-refractivity contribution is 7.89. The molecule has 0 atom stereocenters. The largest absolute Gasteiger partial charge is 0.434 e. The van der Waals surface area contributed by atoms with Crippen molar-refractivity contribution in [3.63, 3.8) is 0 Å². The van der Waals surface area contributed by atoms with Crippen LogP contribution in [0.5, 0.6) is 5.75 Å². The molecule has 0 bridgehead atoms. The summed E-state index contributed by atoms with van der Waals surface area (Å²) in [5.41, 5.74) is 0.906. The summed E-state index contributed by atoms with van der Waals surface area (Å²) in [4.78, 5) is 15.2. The monoisotopic (exact) mass is 495 g/mol. The van der Waals surface area contributed by atoms with Crippen LogP contribution >= 0.6 is 0 Å². The fourth-order valence-corrected chi connectivity index (χ4v) is 5.60. The van der Waals surface area contributed by atoms with E-state index in [2.05, 4.69) is 15.0 Å². The lowest BCUT2D eigenvalue weighted by Gasteiger charge is -2.31. The third-order valence-corrected chi connectivity index (χ3v) is 7.76. The molecule has 0 radical (unpaired) electrons. The molecule has 2 saturated heterocycles. The minimum atomic E-state index is -3.80. The molecule has 11 heteroatoms. The number of anilines is 2. The van der Waals surface area contributed by atoms with Crippen LogP contribution in [0.15, 0.2) is 47.4 Å². The number of ether oxygens (including phenoxy) is 2. The van der Waals surface area contributed by atoms with Crippen LogP contribution in [0.1, 0.15) is 29.6 Å². The van der Waals surface area contributed by atoms with Crippen molar-refractivity contribution in [2.45, 2.75) is 30.8 Å². The Balaban J connectivity index is 1.69. The minimum absolute atomic E-state index is 0.0441. The normalized spacial score (nSPS) is 17.6. The number of hydrogen-bond acceptors (Lipinski definition) is 6. The highest BCUT2D eigenvalue weighted by Gasteiger charge is 2.28. The second-order valence-corrected chi connectivity index (χ2v) is 10.0. The first kappa shape index (κ1) is 24.4. The Morgan fingerprint density at radius 3 is 2.41 bits per heavy atom. The molecule has 0 aliphatic carbocycles. The fraction of sp³-hybridized carbons (Fsp3) is 0.435. The van der Waals surface area contributed by atoms with E-state index in [1.807, 2.05) is 0 Å². The number of rotatable bonds is 7. The van der Waals surface area contributed by atoms with Gasteiger partial charge in [-0.05, 0) is 49.6 Å². The third-order valence-electron chi connectivity index (χ3n) is 5.87. The zero-order chi connectivity index (χ0) is 24.1. The lowest BCUT2D eigenvalue weighted by Crippen LogP contribution is -2.40. The Labute approximate surface area is 197 Å².